The minimum atomic E-state index is -0.242. The molecule has 0 bridgehead atoms. The number of pyridine rings is 1. The van der Waals surface area contributed by atoms with Gasteiger partial charge in [0.2, 0.25) is 0 Å². The van der Waals surface area contributed by atoms with Crippen LogP contribution in [0.5, 0.6) is 0 Å². The van der Waals surface area contributed by atoms with Gasteiger partial charge < -0.3 is 9.47 Å². The van der Waals surface area contributed by atoms with E-state index in [1.807, 2.05) is 38.2 Å². The summed E-state index contributed by atoms with van der Waals surface area (Å²) >= 11 is 1.63. The normalized spacial score (nSPS) is 18.3. The Bertz CT molecular complexity index is 1250. The number of ether oxygens (including phenoxy) is 2. The van der Waals surface area contributed by atoms with Crippen molar-refractivity contribution in [2.75, 3.05) is 19.7 Å². The molecule has 4 heterocycles. The van der Waals surface area contributed by atoms with Crippen LogP contribution in [0.15, 0.2) is 30.6 Å². The molecule has 7 nitrogen and oxygen atoms in total. The van der Waals surface area contributed by atoms with Crippen LogP contribution in [-0.2, 0) is 22.6 Å². The van der Waals surface area contributed by atoms with Gasteiger partial charge in [-0.05, 0) is 42.7 Å². The molecule has 0 spiro atoms. The summed E-state index contributed by atoms with van der Waals surface area (Å²) in [7, 11) is 0. The van der Waals surface area contributed by atoms with E-state index in [0.29, 0.717) is 24.3 Å². The number of benzene rings is 1. The molecule has 3 aromatic rings. The number of esters is 1. The van der Waals surface area contributed by atoms with E-state index < -0.39 is 0 Å². The Kier molecular flexibility index (Phi) is 5.47. The number of cyclic esters (lactones) is 1. The van der Waals surface area contributed by atoms with Crippen LogP contribution in [0.3, 0.4) is 0 Å². The summed E-state index contributed by atoms with van der Waals surface area (Å²) in [5.41, 5.74) is 6.14. The predicted molar refractivity (Wildman–Crippen MR) is 119 cm³/mol. The fourth-order valence-corrected chi connectivity index (χ4v) is 5.18. The van der Waals surface area contributed by atoms with Crippen LogP contribution in [0.25, 0.3) is 10.7 Å². The minimum absolute atomic E-state index is 0.0417. The Balaban J connectivity index is 1.30. The second-order valence-corrected chi connectivity index (χ2v) is 9.22. The minimum Gasteiger partial charge on any atom is -0.457 e. The number of carbonyl (C=O) groups is 1. The van der Waals surface area contributed by atoms with Crippen LogP contribution < -0.4 is 0 Å². The van der Waals surface area contributed by atoms with E-state index in [9.17, 15) is 4.79 Å². The molecule has 1 atom stereocenters. The van der Waals surface area contributed by atoms with Gasteiger partial charge in [-0.25, -0.2) is 9.78 Å². The molecule has 32 heavy (non-hydrogen) atoms. The van der Waals surface area contributed by atoms with Gasteiger partial charge in [-0.15, -0.1) is 11.3 Å². The van der Waals surface area contributed by atoms with Gasteiger partial charge in [-0.1, -0.05) is 6.07 Å². The maximum absolute atomic E-state index is 11.8. The quantitative estimate of drug-likeness (QED) is 0.561. The van der Waals surface area contributed by atoms with Gasteiger partial charge in [0.25, 0.3) is 0 Å². The molecule has 2 aliphatic heterocycles. The monoisotopic (exact) mass is 446 g/mol. The summed E-state index contributed by atoms with van der Waals surface area (Å²) in [5.74, 6) is -0.242. The highest BCUT2D eigenvalue weighted by atomic mass is 32.1. The van der Waals surface area contributed by atoms with Crippen molar-refractivity contribution >= 4 is 17.3 Å². The summed E-state index contributed by atoms with van der Waals surface area (Å²) in [6, 6.07) is 7.92. The predicted octanol–water partition coefficient (Wildman–Crippen LogP) is 3.94. The highest BCUT2D eigenvalue weighted by molar-refractivity contribution is 7.14. The lowest BCUT2D eigenvalue weighted by atomic mass is 9.94. The van der Waals surface area contributed by atoms with Gasteiger partial charge in [-0.2, -0.15) is 5.26 Å². The van der Waals surface area contributed by atoms with Crippen molar-refractivity contribution in [3.63, 3.8) is 0 Å². The molecule has 1 fully saturated rings. The van der Waals surface area contributed by atoms with Crippen molar-refractivity contribution in [3.8, 4) is 16.8 Å². The molecule has 162 valence electrons. The highest BCUT2D eigenvalue weighted by Gasteiger charge is 2.29. The fourth-order valence-electron chi connectivity index (χ4n) is 4.26. The number of aryl methyl sites for hydroxylation is 1. The second kappa shape index (κ2) is 8.43. The first-order valence-corrected chi connectivity index (χ1v) is 11.3. The van der Waals surface area contributed by atoms with Gasteiger partial charge in [0, 0.05) is 42.5 Å². The van der Waals surface area contributed by atoms with Gasteiger partial charge in [-0.3, -0.25) is 9.88 Å². The number of fused-ring (bicyclic) bond motifs is 1. The van der Waals surface area contributed by atoms with Crippen LogP contribution in [0.4, 0.5) is 0 Å². The lowest BCUT2D eigenvalue weighted by Crippen LogP contribution is -2.37. The first-order chi connectivity index (χ1) is 15.5. The molecule has 0 N–H and O–H groups in total. The largest absolute Gasteiger partial charge is 0.457 e. The summed E-state index contributed by atoms with van der Waals surface area (Å²) < 4.78 is 11.3. The number of hydrogen-bond acceptors (Lipinski definition) is 8. The number of rotatable bonds is 4. The van der Waals surface area contributed by atoms with Crippen molar-refractivity contribution < 1.29 is 14.3 Å². The van der Waals surface area contributed by atoms with E-state index in [2.05, 4.69) is 20.9 Å². The molecule has 2 aromatic heterocycles. The second-order valence-electron chi connectivity index (χ2n) is 8.10. The zero-order valence-corrected chi connectivity index (χ0v) is 18.7. The average molecular weight is 447 g/mol. The molecule has 8 heteroatoms. The van der Waals surface area contributed by atoms with Crippen LogP contribution in [0, 0.1) is 25.2 Å². The zero-order chi connectivity index (χ0) is 22.2. The third-order valence-corrected chi connectivity index (χ3v) is 7.09. The Labute approximate surface area is 190 Å². The molecule has 0 radical (unpaired) electrons. The van der Waals surface area contributed by atoms with Crippen LogP contribution in [0.2, 0.25) is 0 Å². The summed E-state index contributed by atoms with van der Waals surface area (Å²) in [6.45, 7) is 7.36. The topological polar surface area (TPSA) is 88.3 Å². The van der Waals surface area contributed by atoms with E-state index in [1.54, 1.807) is 17.5 Å². The van der Waals surface area contributed by atoms with E-state index >= 15 is 0 Å². The maximum atomic E-state index is 11.8. The van der Waals surface area contributed by atoms with Gasteiger partial charge >= 0.3 is 5.97 Å². The van der Waals surface area contributed by atoms with Crippen LogP contribution in [0.1, 0.15) is 49.2 Å². The Hall–Kier alpha value is -3.12. The van der Waals surface area contributed by atoms with E-state index in [-0.39, 0.29) is 12.1 Å². The third-order valence-electron chi connectivity index (χ3n) is 6.09. The highest BCUT2D eigenvalue weighted by Crippen LogP contribution is 2.33. The molecule has 0 amide bonds. The molecule has 1 saturated heterocycles. The molecular formula is C24H22N4O3S. The van der Waals surface area contributed by atoms with E-state index in [1.165, 1.54) is 0 Å². The van der Waals surface area contributed by atoms with Gasteiger partial charge in [0.15, 0.2) is 0 Å². The standard InChI is InChI=1S/C24H22N4O3S/c1-14-7-21(26-9-16(14)8-25)23-27-10-17(32-23)11-28-5-6-30-22(12-28)18-3-4-19-20(15(18)2)13-31-24(19)29/h3-4,7,9-10,22H,5-6,11-13H2,1-2H3/t22-/m0/s1. The molecule has 2 aliphatic rings. The number of hydrogen-bond donors (Lipinski definition) is 0. The smallest absolute Gasteiger partial charge is 0.338 e. The first kappa shape index (κ1) is 20.8. The first-order valence-electron chi connectivity index (χ1n) is 10.5. The molecular weight excluding hydrogens is 424 g/mol. The van der Waals surface area contributed by atoms with Crippen LogP contribution >= 0.6 is 11.3 Å². The average Bonchev–Trinajstić information content (AvgIpc) is 3.41. The summed E-state index contributed by atoms with van der Waals surface area (Å²) in [5, 5.41) is 9.96. The van der Waals surface area contributed by atoms with Crippen molar-refractivity contribution in [1.82, 2.24) is 14.9 Å². The van der Waals surface area contributed by atoms with E-state index in [0.717, 1.165) is 57.5 Å². The number of nitrogens with zero attached hydrogens (tertiary/aromatic N) is 4. The number of morpholine rings is 1. The zero-order valence-electron chi connectivity index (χ0n) is 17.9. The Morgan fingerprint density at radius 1 is 1.28 bits per heavy atom. The van der Waals surface area contributed by atoms with Gasteiger partial charge in [0.1, 0.15) is 17.7 Å². The number of nitriles is 1. The van der Waals surface area contributed by atoms with Crippen molar-refractivity contribution in [2.24, 2.45) is 0 Å². The number of aromatic nitrogens is 2. The van der Waals surface area contributed by atoms with Crippen molar-refractivity contribution in [1.29, 1.82) is 5.26 Å². The van der Waals surface area contributed by atoms with E-state index in [4.69, 9.17) is 14.7 Å². The number of carbonyl (C=O) groups excluding carboxylic acids is 1. The third kappa shape index (κ3) is 3.79. The summed E-state index contributed by atoms with van der Waals surface area (Å²) in [6.07, 6.45) is 3.47. The Morgan fingerprint density at radius 3 is 2.97 bits per heavy atom. The maximum Gasteiger partial charge on any atom is 0.338 e. The fraction of sp³-hybridized carbons (Fsp3) is 0.333. The SMILES string of the molecule is Cc1cc(-c2ncc(CN3CCO[C@H](c4ccc5c(c4C)COC5=O)C3)s2)ncc1C#N. The number of thiazole rings is 1. The van der Waals surface area contributed by atoms with Crippen molar-refractivity contribution in [3.05, 3.63) is 68.9 Å². The Morgan fingerprint density at radius 2 is 2.16 bits per heavy atom. The molecule has 0 aliphatic carbocycles. The molecule has 5 rings (SSSR count). The van der Waals surface area contributed by atoms with Crippen molar-refractivity contribution in [2.45, 2.75) is 33.1 Å². The molecule has 0 saturated carbocycles. The van der Waals surface area contributed by atoms with Crippen LogP contribution in [-0.4, -0.2) is 40.5 Å². The lowest BCUT2D eigenvalue weighted by molar-refractivity contribution is -0.0329. The van der Waals surface area contributed by atoms with Gasteiger partial charge in [0.05, 0.1) is 29.5 Å². The molecule has 1 aromatic carbocycles. The summed E-state index contributed by atoms with van der Waals surface area (Å²) in [4.78, 5) is 24.3. The lowest BCUT2D eigenvalue weighted by Gasteiger charge is -2.33. The molecule has 0 unspecified atom stereocenters.